The number of rotatable bonds is 8. The van der Waals surface area contributed by atoms with Gasteiger partial charge in [-0.05, 0) is 98.2 Å². The van der Waals surface area contributed by atoms with Crippen molar-refractivity contribution in [3.05, 3.63) is 130 Å². The van der Waals surface area contributed by atoms with Gasteiger partial charge in [0, 0.05) is 0 Å². The summed E-state index contributed by atoms with van der Waals surface area (Å²) in [5.74, 6) is 0.880. The van der Waals surface area contributed by atoms with Crippen LogP contribution in [-0.4, -0.2) is 53.5 Å². The molecular weight excluding hydrogens is 560 g/mol. The Morgan fingerprint density at radius 2 is 0.884 bits per heavy atom. The van der Waals surface area contributed by atoms with Crippen molar-refractivity contribution in [1.82, 2.24) is 0 Å². The van der Waals surface area contributed by atoms with Crippen LogP contribution in [0.2, 0.25) is 0 Å². The Hall–Kier alpha value is -3.65. The van der Waals surface area contributed by atoms with Crippen LogP contribution >= 0.6 is 0 Å². The third-order valence-electron chi connectivity index (χ3n) is 8.09. The van der Waals surface area contributed by atoms with Gasteiger partial charge in [0.25, 0.3) is 0 Å². The highest BCUT2D eigenvalue weighted by Gasteiger charge is 2.55. The standard InChI is InChI=1S/C36H40O6S/c1-23-15-24(2)18-29(17-23)41-35-31(21-27-11-7-5-8-12-27)43(39,40)32(22-28-13-9-6-10-14-28)36(34(38)33(35)37)42-30-19-25(3)16-26(4)20-30/h5-20,31-38H,21-22H2,1-4H3/t31-,32-,33-,34-,35+,36+/m1/s1. The monoisotopic (exact) mass is 600 g/mol. The van der Waals surface area contributed by atoms with Crippen molar-refractivity contribution >= 4 is 9.84 Å². The number of aliphatic hydroxyl groups excluding tert-OH is 2. The van der Waals surface area contributed by atoms with Gasteiger partial charge in [0.1, 0.15) is 46.4 Å². The summed E-state index contributed by atoms with van der Waals surface area (Å²) in [4.78, 5) is 0. The van der Waals surface area contributed by atoms with Gasteiger partial charge in [-0.1, -0.05) is 72.8 Å². The zero-order valence-electron chi connectivity index (χ0n) is 25.1. The van der Waals surface area contributed by atoms with Gasteiger partial charge in [0.05, 0.1) is 0 Å². The first-order valence-corrected chi connectivity index (χ1v) is 16.3. The lowest BCUT2D eigenvalue weighted by atomic mass is 9.94. The van der Waals surface area contributed by atoms with Crippen molar-refractivity contribution in [3.63, 3.8) is 0 Å². The van der Waals surface area contributed by atoms with Crippen LogP contribution in [-0.2, 0) is 22.7 Å². The van der Waals surface area contributed by atoms with Crippen LogP contribution in [0.25, 0.3) is 0 Å². The molecule has 0 radical (unpaired) electrons. The van der Waals surface area contributed by atoms with E-state index < -0.39 is 44.8 Å². The molecule has 1 fully saturated rings. The predicted octanol–water partition coefficient (Wildman–Crippen LogP) is 5.49. The fourth-order valence-corrected chi connectivity index (χ4v) is 8.67. The molecule has 0 amide bonds. The highest BCUT2D eigenvalue weighted by Crippen LogP contribution is 2.36. The molecule has 0 spiro atoms. The summed E-state index contributed by atoms with van der Waals surface area (Å²) in [6.07, 6.45) is -5.42. The van der Waals surface area contributed by atoms with Crippen LogP contribution in [0, 0.1) is 27.7 Å². The molecular formula is C36H40O6S. The smallest absolute Gasteiger partial charge is 0.164 e. The highest BCUT2D eigenvalue weighted by atomic mass is 32.2. The molecule has 0 aliphatic carbocycles. The Balaban J connectivity index is 1.65. The molecule has 43 heavy (non-hydrogen) atoms. The Kier molecular flexibility index (Phi) is 9.25. The van der Waals surface area contributed by atoms with E-state index in [9.17, 15) is 18.6 Å². The van der Waals surface area contributed by atoms with Crippen LogP contribution in [0.4, 0.5) is 0 Å². The number of ether oxygens (including phenoxy) is 2. The Morgan fingerprint density at radius 3 is 1.21 bits per heavy atom. The van der Waals surface area contributed by atoms with E-state index in [0.717, 1.165) is 33.4 Å². The summed E-state index contributed by atoms with van der Waals surface area (Å²) < 4.78 is 42.6. The maximum atomic E-state index is 14.9. The molecule has 1 saturated heterocycles. The number of sulfone groups is 1. The summed E-state index contributed by atoms with van der Waals surface area (Å²) in [5.41, 5.74) is 5.36. The largest absolute Gasteiger partial charge is 0.486 e. The quantitative estimate of drug-likeness (QED) is 0.278. The van der Waals surface area contributed by atoms with Gasteiger partial charge in [0.15, 0.2) is 9.84 Å². The maximum absolute atomic E-state index is 14.9. The first kappa shape index (κ1) is 30.8. The molecule has 7 heteroatoms. The summed E-state index contributed by atoms with van der Waals surface area (Å²) >= 11 is 0. The van der Waals surface area contributed by atoms with Gasteiger partial charge in [-0.15, -0.1) is 0 Å². The van der Waals surface area contributed by atoms with Crippen LogP contribution in [0.3, 0.4) is 0 Å². The van der Waals surface area contributed by atoms with E-state index in [-0.39, 0.29) is 12.8 Å². The van der Waals surface area contributed by atoms with Gasteiger partial charge in [-0.2, -0.15) is 0 Å². The minimum atomic E-state index is -4.11. The van der Waals surface area contributed by atoms with Crippen molar-refractivity contribution in [2.24, 2.45) is 0 Å². The maximum Gasteiger partial charge on any atom is 0.164 e. The average molecular weight is 601 g/mol. The van der Waals surface area contributed by atoms with E-state index in [2.05, 4.69) is 0 Å². The van der Waals surface area contributed by atoms with Gasteiger partial charge in [-0.3, -0.25) is 0 Å². The summed E-state index contributed by atoms with van der Waals surface area (Å²) in [5, 5.41) is 21.3. The van der Waals surface area contributed by atoms with Crippen LogP contribution in [0.1, 0.15) is 33.4 Å². The zero-order chi connectivity index (χ0) is 30.7. The SMILES string of the molecule is Cc1cc(C)cc(O[C@@H]2[C@H](O)[C@@H](O)[C@@H](Oc3cc(C)cc(C)c3)[C@@H](Cc3ccccc3)S(=O)(=O)[C@@H]2Cc2ccccc2)c1. The topological polar surface area (TPSA) is 93.1 Å². The van der Waals surface area contributed by atoms with Gasteiger partial charge in [-0.25, -0.2) is 8.42 Å². The minimum absolute atomic E-state index is 0.101. The molecule has 0 bridgehead atoms. The van der Waals surface area contributed by atoms with Gasteiger partial charge in [0.2, 0.25) is 0 Å². The van der Waals surface area contributed by atoms with Crippen LogP contribution in [0.15, 0.2) is 97.1 Å². The fourth-order valence-electron chi connectivity index (χ4n) is 6.19. The van der Waals surface area contributed by atoms with Crippen molar-refractivity contribution in [2.45, 2.75) is 75.5 Å². The van der Waals surface area contributed by atoms with Crippen LogP contribution < -0.4 is 9.47 Å². The molecule has 4 aromatic carbocycles. The van der Waals surface area contributed by atoms with Crippen molar-refractivity contribution in [2.75, 3.05) is 0 Å². The number of benzene rings is 4. The third kappa shape index (κ3) is 7.12. The van der Waals surface area contributed by atoms with E-state index in [1.54, 1.807) is 0 Å². The Bertz CT molecular complexity index is 1480. The molecule has 0 saturated carbocycles. The molecule has 6 nitrogen and oxygen atoms in total. The van der Waals surface area contributed by atoms with Crippen molar-refractivity contribution in [3.8, 4) is 11.5 Å². The van der Waals surface area contributed by atoms with Crippen molar-refractivity contribution < 1.29 is 28.1 Å². The molecule has 5 rings (SSSR count). The molecule has 6 atom stereocenters. The van der Waals surface area contributed by atoms with E-state index >= 15 is 0 Å². The van der Waals surface area contributed by atoms with Gasteiger partial charge < -0.3 is 19.7 Å². The first-order valence-electron chi connectivity index (χ1n) is 14.7. The molecule has 2 N–H and O–H groups in total. The van der Waals surface area contributed by atoms with Crippen LogP contribution in [0.5, 0.6) is 11.5 Å². The highest BCUT2D eigenvalue weighted by molar-refractivity contribution is 7.92. The molecule has 4 aromatic rings. The number of aryl methyl sites for hydroxylation is 4. The summed E-state index contributed by atoms with van der Waals surface area (Å²) in [7, 11) is -4.11. The average Bonchev–Trinajstić information content (AvgIpc) is 2.99. The molecule has 1 aliphatic heterocycles. The summed E-state index contributed by atoms with van der Waals surface area (Å²) in [6.45, 7) is 7.72. The Morgan fingerprint density at radius 1 is 0.558 bits per heavy atom. The zero-order valence-corrected chi connectivity index (χ0v) is 25.9. The predicted molar refractivity (Wildman–Crippen MR) is 169 cm³/mol. The van der Waals surface area contributed by atoms with E-state index in [1.807, 2.05) is 125 Å². The van der Waals surface area contributed by atoms with E-state index in [4.69, 9.17) is 9.47 Å². The summed E-state index contributed by atoms with van der Waals surface area (Å²) in [6, 6.07) is 29.9. The van der Waals surface area contributed by atoms with E-state index in [1.165, 1.54) is 0 Å². The lowest BCUT2D eigenvalue weighted by Crippen LogP contribution is -2.51. The number of hydrogen-bond acceptors (Lipinski definition) is 6. The molecule has 226 valence electrons. The number of hydrogen-bond donors (Lipinski definition) is 2. The molecule has 1 heterocycles. The molecule has 0 unspecified atom stereocenters. The minimum Gasteiger partial charge on any atom is -0.486 e. The third-order valence-corrected chi connectivity index (χ3v) is 10.7. The second kappa shape index (κ2) is 12.9. The second-order valence-electron chi connectivity index (χ2n) is 11.8. The molecule has 0 aromatic heterocycles. The van der Waals surface area contributed by atoms with Gasteiger partial charge >= 0.3 is 0 Å². The second-order valence-corrected chi connectivity index (χ2v) is 14.2. The number of aliphatic hydroxyl groups is 2. The molecule has 1 aliphatic rings. The lowest BCUT2D eigenvalue weighted by Gasteiger charge is -2.31. The normalized spacial score (nSPS) is 25.1. The van der Waals surface area contributed by atoms with E-state index in [0.29, 0.717) is 11.5 Å². The van der Waals surface area contributed by atoms with Crippen molar-refractivity contribution in [1.29, 1.82) is 0 Å². The fraction of sp³-hybridized carbons (Fsp3) is 0.333. The first-order chi connectivity index (χ1) is 20.5. The lowest BCUT2D eigenvalue weighted by molar-refractivity contribution is -0.0871. The Labute approximate surface area is 254 Å².